The number of rotatable bonds is 6. The molecule has 0 aliphatic heterocycles. The minimum Gasteiger partial charge on any atom is -0.483 e. The van der Waals surface area contributed by atoms with Crippen molar-refractivity contribution in [3.05, 3.63) is 45.8 Å². The van der Waals surface area contributed by atoms with E-state index in [0.29, 0.717) is 21.2 Å². The van der Waals surface area contributed by atoms with E-state index in [1.807, 2.05) is 30.3 Å². The second-order valence-corrected chi connectivity index (χ2v) is 8.20. The normalized spacial score (nSPS) is 10.9. The lowest BCUT2D eigenvalue weighted by Crippen LogP contribution is -2.21. The van der Waals surface area contributed by atoms with Crippen molar-refractivity contribution >= 4 is 28.2 Å². The molecule has 6 nitrogen and oxygen atoms in total. The molecular weight excluding hydrogens is 376 g/mol. The molecule has 1 aromatic heterocycles. The predicted molar refractivity (Wildman–Crippen MR) is 109 cm³/mol. The van der Waals surface area contributed by atoms with Crippen molar-refractivity contribution in [1.29, 1.82) is 5.26 Å². The number of carbonyl (C=O) groups is 2. The molecule has 0 aliphatic carbocycles. The number of amides is 1. The van der Waals surface area contributed by atoms with Gasteiger partial charge in [-0.3, -0.25) is 4.79 Å². The molecule has 0 aliphatic rings. The lowest BCUT2D eigenvalue weighted by molar-refractivity contribution is -0.118. The number of benzene rings is 1. The van der Waals surface area contributed by atoms with E-state index in [0.717, 1.165) is 16.9 Å². The number of carbonyl (C=O) groups excluding carboxylic acids is 2. The summed E-state index contributed by atoms with van der Waals surface area (Å²) in [6.07, 6.45) is 0. The third kappa shape index (κ3) is 4.90. The quantitative estimate of drug-likeness (QED) is 0.725. The van der Waals surface area contributed by atoms with Crippen molar-refractivity contribution in [3.63, 3.8) is 0 Å². The van der Waals surface area contributed by atoms with Gasteiger partial charge < -0.3 is 14.8 Å². The van der Waals surface area contributed by atoms with E-state index in [1.54, 1.807) is 13.8 Å². The van der Waals surface area contributed by atoms with Crippen LogP contribution in [0.3, 0.4) is 0 Å². The summed E-state index contributed by atoms with van der Waals surface area (Å²) >= 11 is 1.03. The number of thiophene rings is 1. The summed E-state index contributed by atoms with van der Waals surface area (Å²) in [5.74, 6) is -0.269. The van der Waals surface area contributed by atoms with Gasteiger partial charge in [-0.2, -0.15) is 5.26 Å². The summed E-state index contributed by atoms with van der Waals surface area (Å²) in [5, 5.41) is 12.4. The van der Waals surface area contributed by atoms with E-state index >= 15 is 0 Å². The lowest BCUT2D eigenvalue weighted by atomic mass is 9.86. The highest BCUT2D eigenvalue weighted by Crippen LogP contribution is 2.33. The maximum atomic E-state index is 12.4. The van der Waals surface area contributed by atoms with E-state index in [9.17, 15) is 14.9 Å². The molecular formula is C21H24N2O4S. The molecule has 0 bridgehead atoms. The number of hydrogen-bond acceptors (Lipinski definition) is 6. The zero-order chi connectivity index (χ0) is 20.9. The second-order valence-electron chi connectivity index (χ2n) is 7.18. The molecule has 1 aromatic carbocycles. The molecule has 2 aromatic rings. The van der Waals surface area contributed by atoms with Gasteiger partial charge in [-0.25, -0.2) is 4.79 Å². The first-order chi connectivity index (χ1) is 13.2. The van der Waals surface area contributed by atoms with Crippen molar-refractivity contribution in [3.8, 4) is 11.8 Å². The summed E-state index contributed by atoms with van der Waals surface area (Å²) in [6.45, 7) is 9.61. The average molecular weight is 401 g/mol. The van der Waals surface area contributed by atoms with Gasteiger partial charge in [-0.1, -0.05) is 39.0 Å². The first-order valence-corrected chi connectivity index (χ1v) is 9.73. The van der Waals surface area contributed by atoms with Crippen molar-refractivity contribution in [1.82, 2.24) is 0 Å². The van der Waals surface area contributed by atoms with Crippen molar-refractivity contribution in [2.24, 2.45) is 0 Å². The molecule has 0 saturated heterocycles. The minimum absolute atomic E-state index is 0.125. The Morgan fingerprint density at radius 3 is 2.54 bits per heavy atom. The Kier molecular flexibility index (Phi) is 6.81. The SMILES string of the molecule is CCOC(=O)c1sc(NC(=O)COc2ccccc2C(C)(C)C)c(C#N)c1C. The zero-order valence-electron chi connectivity index (χ0n) is 16.7. The second kappa shape index (κ2) is 8.89. The molecule has 0 radical (unpaired) electrons. The van der Waals surface area contributed by atoms with Crippen LogP contribution in [0, 0.1) is 18.3 Å². The van der Waals surface area contributed by atoms with Crippen LogP contribution in [0.1, 0.15) is 54.1 Å². The molecule has 2 rings (SSSR count). The van der Waals surface area contributed by atoms with E-state index in [-0.39, 0.29) is 24.2 Å². The molecule has 1 amide bonds. The van der Waals surface area contributed by atoms with Crippen LogP contribution in [0.25, 0.3) is 0 Å². The Labute approximate surface area is 169 Å². The van der Waals surface area contributed by atoms with Gasteiger partial charge in [0.05, 0.1) is 12.2 Å². The fraction of sp³-hybridized carbons (Fsp3) is 0.381. The fourth-order valence-electron chi connectivity index (χ4n) is 2.65. The molecule has 0 atom stereocenters. The lowest BCUT2D eigenvalue weighted by Gasteiger charge is -2.22. The van der Waals surface area contributed by atoms with E-state index in [4.69, 9.17) is 9.47 Å². The van der Waals surface area contributed by atoms with Crippen LogP contribution < -0.4 is 10.1 Å². The average Bonchev–Trinajstić information content (AvgIpc) is 2.95. The Balaban J connectivity index is 2.14. The molecule has 7 heteroatoms. The summed E-state index contributed by atoms with van der Waals surface area (Å²) in [6, 6.07) is 9.61. The Morgan fingerprint density at radius 2 is 1.93 bits per heavy atom. The van der Waals surface area contributed by atoms with E-state index < -0.39 is 11.9 Å². The number of hydrogen-bond donors (Lipinski definition) is 1. The largest absolute Gasteiger partial charge is 0.483 e. The summed E-state index contributed by atoms with van der Waals surface area (Å²) < 4.78 is 10.7. The maximum Gasteiger partial charge on any atom is 0.348 e. The highest BCUT2D eigenvalue weighted by Gasteiger charge is 2.23. The summed E-state index contributed by atoms with van der Waals surface area (Å²) in [4.78, 5) is 24.7. The van der Waals surface area contributed by atoms with Crippen LogP contribution in [0.15, 0.2) is 24.3 Å². The minimum atomic E-state index is -0.502. The van der Waals surface area contributed by atoms with Gasteiger partial charge >= 0.3 is 5.97 Å². The number of para-hydroxylation sites is 1. The number of anilines is 1. The van der Waals surface area contributed by atoms with Gasteiger partial charge in [0.1, 0.15) is 21.7 Å². The van der Waals surface area contributed by atoms with Gasteiger partial charge in [0.15, 0.2) is 6.61 Å². The number of ether oxygens (including phenoxy) is 2. The number of nitrogens with one attached hydrogen (secondary N) is 1. The van der Waals surface area contributed by atoms with E-state index in [1.165, 1.54) is 0 Å². The third-order valence-corrected chi connectivity index (χ3v) is 5.21. The van der Waals surface area contributed by atoms with Gasteiger partial charge in [-0.05, 0) is 36.5 Å². The number of nitriles is 1. The third-order valence-electron chi connectivity index (χ3n) is 4.03. The van der Waals surface area contributed by atoms with Crippen molar-refractivity contribution in [2.45, 2.75) is 40.0 Å². The monoisotopic (exact) mass is 400 g/mol. The number of esters is 1. The highest BCUT2D eigenvalue weighted by molar-refractivity contribution is 7.18. The van der Waals surface area contributed by atoms with Crippen LogP contribution in [-0.2, 0) is 14.9 Å². The molecule has 0 saturated carbocycles. The molecule has 1 heterocycles. The van der Waals surface area contributed by atoms with Gasteiger partial charge in [0.2, 0.25) is 0 Å². The smallest absolute Gasteiger partial charge is 0.348 e. The Bertz CT molecular complexity index is 919. The predicted octanol–water partition coefficient (Wildman–Crippen LogP) is 4.42. The first kappa shape index (κ1) is 21.5. The Morgan fingerprint density at radius 1 is 1.25 bits per heavy atom. The van der Waals surface area contributed by atoms with E-state index in [2.05, 4.69) is 26.1 Å². The highest BCUT2D eigenvalue weighted by atomic mass is 32.1. The zero-order valence-corrected chi connectivity index (χ0v) is 17.5. The molecule has 1 N–H and O–H groups in total. The van der Waals surface area contributed by atoms with Crippen LogP contribution in [0.5, 0.6) is 5.75 Å². The molecule has 0 unspecified atom stereocenters. The van der Waals surface area contributed by atoms with Gasteiger partial charge in [-0.15, -0.1) is 11.3 Å². The van der Waals surface area contributed by atoms with Crippen LogP contribution in [-0.4, -0.2) is 25.1 Å². The van der Waals surface area contributed by atoms with Crippen LogP contribution >= 0.6 is 11.3 Å². The van der Waals surface area contributed by atoms with Crippen LogP contribution in [0.4, 0.5) is 5.00 Å². The van der Waals surface area contributed by atoms with Crippen LogP contribution in [0.2, 0.25) is 0 Å². The fourth-order valence-corrected chi connectivity index (χ4v) is 3.71. The molecule has 0 fully saturated rings. The van der Waals surface area contributed by atoms with Gasteiger partial charge in [0, 0.05) is 0 Å². The van der Waals surface area contributed by atoms with Crippen molar-refractivity contribution in [2.75, 3.05) is 18.5 Å². The molecule has 28 heavy (non-hydrogen) atoms. The standard InChI is InChI=1S/C21H24N2O4S/c1-6-26-20(25)18-13(2)14(11-22)19(28-18)23-17(24)12-27-16-10-8-7-9-15(16)21(3,4)5/h7-10H,6,12H2,1-5H3,(H,23,24). The van der Waals surface area contributed by atoms with Crippen molar-refractivity contribution < 1.29 is 19.1 Å². The molecule has 148 valence electrons. The summed E-state index contributed by atoms with van der Waals surface area (Å²) in [7, 11) is 0. The van der Waals surface area contributed by atoms with Gasteiger partial charge in [0.25, 0.3) is 5.91 Å². The first-order valence-electron chi connectivity index (χ1n) is 8.91. The number of nitrogens with zero attached hydrogens (tertiary/aromatic N) is 1. The summed E-state index contributed by atoms with van der Waals surface area (Å²) in [5.41, 5.74) is 1.63. The topological polar surface area (TPSA) is 88.4 Å². The molecule has 0 spiro atoms. The Hall–Kier alpha value is -2.85. The maximum absolute atomic E-state index is 12.4.